The monoisotopic (exact) mass is 399 g/mol. The van der Waals surface area contributed by atoms with E-state index in [1.54, 1.807) is 12.1 Å². The lowest BCUT2D eigenvalue weighted by Gasteiger charge is -2.08. The number of amides is 1. The molecule has 1 amide bonds. The second kappa shape index (κ2) is 11.4. The molecule has 0 aliphatic rings. The number of ether oxygens (including phenoxy) is 1. The number of hydrogen-bond acceptors (Lipinski definition) is 4. The van der Waals surface area contributed by atoms with Gasteiger partial charge >= 0.3 is 0 Å². The fourth-order valence-electron chi connectivity index (χ4n) is 3.36. The first-order chi connectivity index (χ1) is 14.0. The van der Waals surface area contributed by atoms with Gasteiger partial charge in [0.1, 0.15) is 5.75 Å². The van der Waals surface area contributed by atoms with Crippen LogP contribution in [0.15, 0.2) is 24.3 Å². The van der Waals surface area contributed by atoms with Crippen LogP contribution < -0.4 is 10.1 Å². The highest BCUT2D eigenvalue weighted by molar-refractivity contribution is 5.93. The number of nitrogens with zero attached hydrogens (tertiary/aromatic N) is 2. The number of benzene rings is 1. The van der Waals surface area contributed by atoms with Gasteiger partial charge in [-0.2, -0.15) is 5.10 Å². The van der Waals surface area contributed by atoms with Crippen LogP contribution in [0.3, 0.4) is 0 Å². The smallest absolute Gasteiger partial charge is 0.247 e. The number of rotatable bonds is 11. The third-order valence-electron chi connectivity index (χ3n) is 4.97. The predicted octanol–water partition coefficient (Wildman–Crippen LogP) is 5.08. The molecule has 1 N–H and O–H groups in total. The number of nitrogens with one attached hydrogen (secondary N) is 1. The Morgan fingerprint density at radius 2 is 1.76 bits per heavy atom. The van der Waals surface area contributed by atoms with Gasteiger partial charge in [0.25, 0.3) is 0 Å². The molecule has 0 radical (unpaired) electrons. The zero-order valence-electron chi connectivity index (χ0n) is 18.1. The summed E-state index contributed by atoms with van der Waals surface area (Å²) in [5, 5.41) is 7.23. The highest BCUT2D eigenvalue weighted by Crippen LogP contribution is 2.18. The van der Waals surface area contributed by atoms with Gasteiger partial charge in [-0.15, -0.1) is 0 Å². The van der Waals surface area contributed by atoms with E-state index in [1.807, 2.05) is 32.9 Å². The van der Waals surface area contributed by atoms with Crippen molar-refractivity contribution in [3.8, 4) is 5.75 Å². The normalized spacial score (nSPS) is 10.8. The quantitative estimate of drug-likeness (QED) is 0.535. The van der Waals surface area contributed by atoms with Crippen LogP contribution in [0.1, 0.15) is 74.1 Å². The molecule has 6 heteroatoms. The van der Waals surface area contributed by atoms with Gasteiger partial charge in [0.05, 0.1) is 12.3 Å². The van der Waals surface area contributed by atoms with E-state index in [9.17, 15) is 9.59 Å². The van der Waals surface area contributed by atoms with Crippen molar-refractivity contribution in [1.29, 1.82) is 0 Å². The van der Waals surface area contributed by atoms with Crippen molar-refractivity contribution in [3.63, 3.8) is 0 Å². The summed E-state index contributed by atoms with van der Waals surface area (Å²) in [6.07, 6.45) is 5.93. The Morgan fingerprint density at radius 1 is 1.03 bits per heavy atom. The molecule has 2 aromatic rings. The number of carbonyl (C=O) groups is 2. The van der Waals surface area contributed by atoms with Gasteiger partial charge < -0.3 is 10.1 Å². The van der Waals surface area contributed by atoms with Crippen molar-refractivity contribution in [3.05, 3.63) is 41.2 Å². The van der Waals surface area contributed by atoms with E-state index in [0.717, 1.165) is 35.5 Å². The Balaban J connectivity index is 1.87. The minimum absolute atomic E-state index is 0.121. The lowest BCUT2D eigenvalue weighted by atomic mass is 10.0. The molecular formula is C23H33N3O3. The Bertz CT molecular complexity index is 810. The SMILES string of the molecule is CCCCCCc1c(C)nn(C(=O)CCC(=O)Nc2ccc(OCC)cc2)c1C. The van der Waals surface area contributed by atoms with Crippen LogP contribution in [0.5, 0.6) is 5.75 Å². The van der Waals surface area contributed by atoms with E-state index in [2.05, 4.69) is 17.3 Å². The highest BCUT2D eigenvalue weighted by Gasteiger charge is 2.17. The Morgan fingerprint density at radius 3 is 2.41 bits per heavy atom. The summed E-state index contributed by atoms with van der Waals surface area (Å²) < 4.78 is 6.85. The van der Waals surface area contributed by atoms with Crippen molar-refractivity contribution >= 4 is 17.5 Å². The summed E-state index contributed by atoms with van der Waals surface area (Å²) in [5.74, 6) is 0.423. The Kier molecular flexibility index (Phi) is 8.90. The first kappa shape index (κ1) is 22.7. The van der Waals surface area contributed by atoms with Crippen molar-refractivity contribution in [2.45, 2.75) is 72.6 Å². The molecule has 6 nitrogen and oxygen atoms in total. The van der Waals surface area contributed by atoms with Gasteiger partial charge in [-0.25, -0.2) is 4.68 Å². The summed E-state index contributed by atoms with van der Waals surface area (Å²) in [6.45, 7) is 8.60. The largest absolute Gasteiger partial charge is 0.494 e. The summed E-state index contributed by atoms with van der Waals surface area (Å²) >= 11 is 0. The summed E-state index contributed by atoms with van der Waals surface area (Å²) in [6, 6.07) is 7.19. The fourth-order valence-corrected chi connectivity index (χ4v) is 3.36. The third-order valence-corrected chi connectivity index (χ3v) is 4.97. The van der Waals surface area contributed by atoms with E-state index < -0.39 is 0 Å². The van der Waals surface area contributed by atoms with Gasteiger partial charge in [-0.1, -0.05) is 26.2 Å². The zero-order chi connectivity index (χ0) is 21.2. The second-order valence-electron chi connectivity index (χ2n) is 7.27. The first-order valence-electron chi connectivity index (χ1n) is 10.6. The topological polar surface area (TPSA) is 73.2 Å². The molecular weight excluding hydrogens is 366 g/mol. The predicted molar refractivity (Wildman–Crippen MR) is 116 cm³/mol. The third kappa shape index (κ3) is 6.73. The van der Waals surface area contributed by atoms with Gasteiger partial charge in [-0.3, -0.25) is 9.59 Å². The van der Waals surface area contributed by atoms with Crippen LogP contribution in [-0.4, -0.2) is 28.2 Å². The molecule has 1 heterocycles. The molecule has 0 aliphatic carbocycles. The number of unbranched alkanes of at least 4 members (excludes halogenated alkanes) is 3. The minimum atomic E-state index is -0.191. The molecule has 0 aliphatic heterocycles. The molecule has 158 valence electrons. The van der Waals surface area contributed by atoms with Crippen LogP contribution in [-0.2, 0) is 11.2 Å². The van der Waals surface area contributed by atoms with Crippen LogP contribution in [0, 0.1) is 13.8 Å². The van der Waals surface area contributed by atoms with E-state index >= 15 is 0 Å². The molecule has 0 spiro atoms. The summed E-state index contributed by atoms with van der Waals surface area (Å²) in [4.78, 5) is 24.8. The lowest BCUT2D eigenvalue weighted by molar-refractivity contribution is -0.116. The maximum absolute atomic E-state index is 12.6. The maximum atomic E-state index is 12.6. The van der Waals surface area contributed by atoms with E-state index in [0.29, 0.717) is 12.3 Å². The highest BCUT2D eigenvalue weighted by atomic mass is 16.5. The molecule has 2 rings (SSSR count). The summed E-state index contributed by atoms with van der Waals surface area (Å²) in [5.41, 5.74) is 3.65. The van der Waals surface area contributed by atoms with Crippen LogP contribution >= 0.6 is 0 Å². The van der Waals surface area contributed by atoms with Crippen molar-refractivity contribution in [2.75, 3.05) is 11.9 Å². The Labute approximate surface area is 173 Å². The maximum Gasteiger partial charge on any atom is 0.247 e. The molecule has 29 heavy (non-hydrogen) atoms. The molecule has 0 unspecified atom stereocenters. The van der Waals surface area contributed by atoms with E-state index in [1.165, 1.54) is 23.9 Å². The van der Waals surface area contributed by atoms with Crippen molar-refractivity contribution in [1.82, 2.24) is 9.78 Å². The van der Waals surface area contributed by atoms with Crippen molar-refractivity contribution < 1.29 is 14.3 Å². The number of anilines is 1. The van der Waals surface area contributed by atoms with Gasteiger partial charge in [-0.05, 0) is 63.4 Å². The lowest BCUT2D eigenvalue weighted by Crippen LogP contribution is -2.18. The number of hydrogen-bond donors (Lipinski definition) is 1. The van der Waals surface area contributed by atoms with Crippen LogP contribution in [0.4, 0.5) is 5.69 Å². The second-order valence-corrected chi connectivity index (χ2v) is 7.27. The van der Waals surface area contributed by atoms with Gasteiger partial charge in [0.15, 0.2) is 0 Å². The van der Waals surface area contributed by atoms with Crippen LogP contribution in [0.2, 0.25) is 0 Å². The number of aryl methyl sites for hydroxylation is 1. The minimum Gasteiger partial charge on any atom is -0.494 e. The summed E-state index contributed by atoms with van der Waals surface area (Å²) in [7, 11) is 0. The molecule has 1 aromatic heterocycles. The standard InChI is InChI=1S/C23H33N3O3/c1-5-7-8-9-10-21-17(3)25-26(18(21)4)23(28)16-15-22(27)24-19-11-13-20(14-12-19)29-6-2/h11-14H,5-10,15-16H2,1-4H3,(H,24,27). The first-order valence-corrected chi connectivity index (χ1v) is 10.6. The number of aromatic nitrogens is 2. The van der Waals surface area contributed by atoms with E-state index in [-0.39, 0.29) is 24.7 Å². The van der Waals surface area contributed by atoms with Gasteiger partial charge in [0.2, 0.25) is 11.8 Å². The number of carbonyl (C=O) groups excluding carboxylic acids is 2. The molecule has 0 saturated carbocycles. The molecule has 0 bridgehead atoms. The molecule has 0 atom stereocenters. The van der Waals surface area contributed by atoms with E-state index in [4.69, 9.17) is 4.74 Å². The van der Waals surface area contributed by atoms with Crippen molar-refractivity contribution in [2.24, 2.45) is 0 Å². The van der Waals surface area contributed by atoms with Gasteiger partial charge in [0, 0.05) is 24.2 Å². The van der Waals surface area contributed by atoms with Crippen LogP contribution in [0.25, 0.3) is 0 Å². The fraction of sp³-hybridized carbons (Fsp3) is 0.522. The average Bonchev–Trinajstić information content (AvgIpc) is 2.99. The molecule has 1 aromatic carbocycles. The molecule has 0 fully saturated rings. The average molecular weight is 400 g/mol. The molecule has 0 saturated heterocycles. The zero-order valence-corrected chi connectivity index (χ0v) is 18.1. The Hall–Kier alpha value is -2.63.